The normalized spacial score (nSPS) is 10.1. The maximum Gasteiger partial charge on any atom is 2.00 e. The number of unbranched alkanes of at least 4 members (excludes halogenated alkanes) is 22. The van der Waals surface area contributed by atoms with Gasteiger partial charge in [0.15, 0.2) is 0 Å². The van der Waals surface area contributed by atoms with Gasteiger partial charge >= 0.3 is 35.0 Å². The first-order chi connectivity index (χ1) is 19.8. The van der Waals surface area contributed by atoms with Crippen molar-refractivity contribution in [1.82, 2.24) is 0 Å². The summed E-state index contributed by atoms with van der Waals surface area (Å²) < 4.78 is 0. The maximum absolute atomic E-state index is 10.3. The van der Waals surface area contributed by atoms with E-state index in [1.54, 1.807) is 0 Å². The van der Waals surface area contributed by atoms with E-state index >= 15 is 0 Å². The number of aliphatic carboxylic acids is 2. The second kappa shape index (κ2) is 49.5. The Labute approximate surface area is 304 Å². The smallest absolute Gasteiger partial charge is 1.00 e. The number of hydrogen-bond donors (Lipinski definition) is 2. The number of alkyl halides is 1. The van der Waals surface area contributed by atoms with Crippen LogP contribution in [-0.2, 0) is 9.59 Å². The van der Waals surface area contributed by atoms with Crippen LogP contribution in [0.15, 0.2) is 0 Å². The number of carboxylic acids is 2. The van der Waals surface area contributed by atoms with E-state index < -0.39 is 11.9 Å². The molecular weight excluding hydrogens is 681 g/mol. The molecule has 0 aromatic rings. The first-order valence-electron chi connectivity index (χ1n) is 17.5. The second-order valence-electron chi connectivity index (χ2n) is 12.2. The van der Waals surface area contributed by atoms with E-state index in [1.165, 1.54) is 135 Å². The maximum atomic E-state index is 10.3. The van der Waals surface area contributed by atoms with Crippen LogP contribution in [0.1, 0.15) is 201 Å². The predicted molar refractivity (Wildman–Crippen MR) is 190 cm³/mol. The Bertz CT molecular complexity index is 508. The van der Waals surface area contributed by atoms with Crippen molar-refractivity contribution in [2.75, 3.05) is 5.33 Å². The first kappa shape index (κ1) is 53.2. The summed E-state index contributed by atoms with van der Waals surface area (Å²) in [5.74, 6) is -0.446. The van der Waals surface area contributed by atoms with Crippen LogP contribution >= 0.6 is 15.9 Å². The fourth-order valence-corrected chi connectivity index (χ4v) is 5.13. The monoisotopic (exact) mass is 750 g/mol. The molecule has 0 amide bonds. The fraction of sp³-hybridized carbons (Fsp3) is 0.917. The van der Waals surface area contributed by atoms with Crippen LogP contribution in [0.5, 0.6) is 0 Å². The van der Waals surface area contributed by atoms with Gasteiger partial charge in [-0.05, 0) is 25.2 Å². The minimum absolute atomic E-state index is 0. The largest absolute Gasteiger partial charge is 2.00 e. The van der Waals surface area contributed by atoms with E-state index in [0.717, 1.165) is 36.9 Å². The summed E-state index contributed by atoms with van der Waals surface area (Å²) in [5, 5.41) is 18.2. The number of carboxylic acid groups (broad SMARTS) is 2. The van der Waals surface area contributed by atoms with Crippen molar-refractivity contribution >= 4 is 50.9 Å². The third-order valence-corrected chi connectivity index (χ3v) is 7.76. The summed E-state index contributed by atoms with van der Waals surface area (Å²) in [4.78, 5) is 20.6. The minimum Gasteiger partial charge on any atom is -1.00 e. The molecule has 43 heavy (non-hydrogen) atoms. The van der Waals surface area contributed by atoms with E-state index in [1.807, 2.05) is 20.3 Å². The Morgan fingerprint density at radius 2 is 0.721 bits per heavy atom. The molecule has 0 spiro atoms. The molecule has 0 aliphatic heterocycles. The average Bonchev–Trinajstić information content (AvgIpc) is 2.92. The van der Waals surface area contributed by atoms with Crippen LogP contribution in [0.4, 0.5) is 0 Å². The summed E-state index contributed by atoms with van der Waals surface area (Å²) in [7, 11) is 0. The van der Waals surface area contributed by atoms with Gasteiger partial charge in [0.2, 0.25) is 0 Å². The Morgan fingerprint density at radius 1 is 0.512 bits per heavy atom. The Balaban J connectivity index is -0.000000197. The molecule has 0 radical (unpaired) electrons. The van der Waals surface area contributed by atoms with Crippen molar-refractivity contribution in [2.45, 2.75) is 201 Å². The summed E-state index contributed by atoms with van der Waals surface area (Å²) in [6.45, 7) is 8.61. The Hall–Kier alpha value is 0.666. The van der Waals surface area contributed by atoms with Gasteiger partial charge in [-0.15, -0.1) is 0 Å². The van der Waals surface area contributed by atoms with Gasteiger partial charge in [0.05, 0.1) is 0 Å². The molecule has 0 saturated carbocycles. The number of halogens is 2. The SMILES string of the molecule is CC(C)CCCCCCCCCCCCCCC(=O)O.C[CH-]C.O=C(O)CCCCCCCCCCCCCCBr.[Br-].[Mg+2]. The van der Waals surface area contributed by atoms with Crippen LogP contribution < -0.4 is 17.0 Å². The van der Waals surface area contributed by atoms with E-state index in [4.69, 9.17) is 10.2 Å². The molecule has 0 aromatic heterocycles. The predicted octanol–water partition coefficient (Wildman–Crippen LogP) is 9.58. The van der Waals surface area contributed by atoms with Crippen LogP contribution in [0.25, 0.3) is 0 Å². The number of carbonyl (C=O) groups is 2. The zero-order chi connectivity index (χ0) is 31.2. The third kappa shape index (κ3) is 66.1. The molecule has 0 fully saturated rings. The van der Waals surface area contributed by atoms with Crippen molar-refractivity contribution in [3.8, 4) is 0 Å². The summed E-state index contributed by atoms with van der Waals surface area (Å²) >= 11 is 3.45. The molecule has 0 saturated heterocycles. The summed E-state index contributed by atoms with van der Waals surface area (Å²) in [6, 6.07) is 0. The molecule has 0 heterocycles. The van der Waals surface area contributed by atoms with E-state index in [0.29, 0.717) is 12.8 Å². The van der Waals surface area contributed by atoms with Gasteiger partial charge in [-0.2, -0.15) is 13.8 Å². The van der Waals surface area contributed by atoms with Crippen molar-refractivity contribution in [2.24, 2.45) is 5.92 Å². The van der Waals surface area contributed by atoms with Crippen molar-refractivity contribution < 1.29 is 36.8 Å². The topological polar surface area (TPSA) is 74.6 Å². The van der Waals surface area contributed by atoms with E-state index in [2.05, 4.69) is 29.8 Å². The van der Waals surface area contributed by atoms with Crippen molar-refractivity contribution in [3.63, 3.8) is 0 Å². The molecule has 0 atom stereocenters. The van der Waals surface area contributed by atoms with Gasteiger partial charge in [-0.1, -0.05) is 171 Å². The van der Waals surface area contributed by atoms with E-state index in [9.17, 15) is 9.59 Å². The molecule has 2 N–H and O–H groups in total. The first-order valence-corrected chi connectivity index (χ1v) is 18.7. The Morgan fingerprint density at radius 3 is 0.930 bits per heavy atom. The van der Waals surface area contributed by atoms with Crippen LogP contribution in [0.3, 0.4) is 0 Å². The van der Waals surface area contributed by atoms with Crippen LogP contribution in [0.2, 0.25) is 0 Å². The molecular formula is C36H72Br2MgO4. The van der Waals surface area contributed by atoms with Crippen molar-refractivity contribution in [3.05, 3.63) is 6.42 Å². The Kier molecular flexibility index (Phi) is 61.3. The number of rotatable bonds is 29. The second-order valence-corrected chi connectivity index (χ2v) is 13.0. The minimum atomic E-state index is -0.657. The van der Waals surface area contributed by atoms with Gasteiger partial charge in [-0.3, -0.25) is 9.59 Å². The summed E-state index contributed by atoms with van der Waals surface area (Å²) in [5.41, 5.74) is 0. The van der Waals surface area contributed by atoms with Gasteiger partial charge in [-0.25, -0.2) is 0 Å². The quantitative estimate of drug-likeness (QED) is 0.0346. The zero-order valence-electron chi connectivity index (χ0n) is 29.1. The standard InChI is InChI=1S/C18H36O2.C15H29BrO2.C3H7.BrH.Mg/c1-17(2)15-13-11-9-7-5-3-4-6-8-10-12-14-16-18(19)20;16-14-12-10-8-6-4-2-1-3-5-7-9-11-13-15(17)18;1-3-2;;/h17H,3-16H2,1-2H3,(H,19,20);1-14H2,(H,17,18);3H,1-2H3;1H;/q;;-1;;+2/p-1. The van der Waals surface area contributed by atoms with Crippen LogP contribution in [0, 0.1) is 12.3 Å². The van der Waals surface area contributed by atoms with Gasteiger partial charge in [0.25, 0.3) is 0 Å². The molecule has 0 aromatic carbocycles. The molecule has 0 unspecified atom stereocenters. The molecule has 7 heteroatoms. The molecule has 4 nitrogen and oxygen atoms in total. The molecule has 0 rings (SSSR count). The average molecular weight is 753 g/mol. The van der Waals surface area contributed by atoms with Crippen molar-refractivity contribution in [1.29, 1.82) is 0 Å². The molecule has 0 aliphatic carbocycles. The van der Waals surface area contributed by atoms with Gasteiger partial charge in [0.1, 0.15) is 0 Å². The van der Waals surface area contributed by atoms with Crippen LogP contribution in [-0.4, -0.2) is 50.5 Å². The molecule has 0 bridgehead atoms. The fourth-order valence-electron chi connectivity index (χ4n) is 4.74. The van der Waals surface area contributed by atoms with E-state index in [-0.39, 0.29) is 40.0 Å². The zero-order valence-corrected chi connectivity index (χ0v) is 33.7. The molecule has 256 valence electrons. The van der Waals surface area contributed by atoms with Gasteiger partial charge < -0.3 is 33.6 Å². The number of hydrogen-bond acceptors (Lipinski definition) is 2. The third-order valence-electron chi connectivity index (χ3n) is 7.20. The van der Waals surface area contributed by atoms with Gasteiger partial charge in [0, 0.05) is 18.2 Å². The summed E-state index contributed by atoms with van der Waals surface area (Å²) in [6.07, 6.45) is 35.0. The molecule has 0 aliphatic rings.